The van der Waals surface area contributed by atoms with E-state index in [-0.39, 0.29) is 17.5 Å². The standard InChI is InChI=1S/C24H25N3O2/c1-15(2)18-8-10-20(11-9-18)26-23(28)19-12-13-25-22(14-19)24(29)27-21-7-5-6-16(3)17(21)4/h5-15H,1-4H3,(H,26,28)(H,27,29). The fourth-order valence-electron chi connectivity index (χ4n) is 2.92. The van der Waals surface area contributed by atoms with Gasteiger partial charge in [-0.15, -0.1) is 0 Å². The van der Waals surface area contributed by atoms with Gasteiger partial charge in [-0.05, 0) is 66.8 Å². The van der Waals surface area contributed by atoms with Crippen molar-refractivity contribution in [2.45, 2.75) is 33.6 Å². The molecule has 0 fully saturated rings. The topological polar surface area (TPSA) is 71.1 Å². The van der Waals surface area contributed by atoms with Gasteiger partial charge in [0, 0.05) is 23.1 Å². The molecule has 1 heterocycles. The van der Waals surface area contributed by atoms with Crippen LogP contribution >= 0.6 is 0 Å². The molecular weight excluding hydrogens is 362 g/mol. The third-order valence-corrected chi connectivity index (χ3v) is 4.94. The van der Waals surface area contributed by atoms with E-state index in [4.69, 9.17) is 0 Å². The lowest BCUT2D eigenvalue weighted by molar-refractivity contribution is 0.102. The van der Waals surface area contributed by atoms with Crippen molar-refractivity contribution in [3.63, 3.8) is 0 Å². The van der Waals surface area contributed by atoms with Gasteiger partial charge in [0.05, 0.1) is 0 Å². The second-order valence-corrected chi connectivity index (χ2v) is 7.36. The number of aromatic nitrogens is 1. The quantitative estimate of drug-likeness (QED) is 0.622. The van der Waals surface area contributed by atoms with Crippen LogP contribution in [-0.2, 0) is 0 Å². The number of hydrogen-bond donors (Lipinski definition) is 2. The first-order valence-electron chi connectivity index (χ1n) is 9.60. The zero-order valence-electron chi connectivity index (χ0n) is 17.1. The summed E-state index contributed by atoms with van der Waals surface area (Å²) in [5.74, 6) is -0.210. The average Bonchev–Trinajstić information content (AvgIpc) is 2.72. The van der Waals surface area contributed by atoms with E-state index in [9.17, 15) is 9.59 Å². The van der Waals surface area contributed by atoms with Crippen molar-refractivity contribution in [3.8, 4) is 0 Å². The summed E-state index contributed by atoms with van der Waals surface area (Å²) in [5, 5.41) is 5.73. The number of amides is 2. The second kappa shape index (κ2) is 8.69. The third-order valence-electron chi connectivity index (χ3n) is 4.94. The molecule has 3 rings (SSSR count). The average molecular weight is 387 g/mol. The highest BCUT2D eigenvalue weighted by Gasteiger charge is 2.14. The molecule has 0 radical (unpaired) electrons. The summed E-state index contributed by atoms with van der Waals surface area (Å²) in [5.41, 5.74) is 5.30. The number of pyridine rings is 1. The number of rotatable bonds is 5. The highest BCUT2D eigenvalue weighted by atomic mass is 16.2. The molecule has 2 N–H and O–H groups in total. The molecule has 0 saturated heterocycles. The van der Waals surface area contributed by atoms with Crippen molar-refractivity contribution in [1.82, 2.24) is 4.98 Å². The Morgan fingerprint density at radius 2 is 1.62 bits per heavy atom. The first-order valence-corrected chi connectivity index (χ1v) is 9.60. The molecule has 0 saturated carbocycles. The fourth-order valence-corrected chi connectivity index (χ4v) is 2.92. The maximum atomic E-state index is 12.6. The fraction of sp³-hybridized carbons (Fsp3) is 0.208. The van der Waals surface area contributed by atoms with Gasteiger partial charge in [0.2, 0.25) is 0 Å². The molecule has 148 valence electrons. The SMILES string of the molecule is Cc1cccc(NC(=O)c2cc(C(=O)Nc3ccc(C(C)C)cc3)ccn2)c1C. The van der Waals surface area contributed by atoms with Gasteiger partial charge in [0.1, 0.15) is 5.69 Å². The summed E-state index contributed by atoms with van der Waals surface area (Å²) < 4.78 is 0. The van der Waals surface area contributed by atoms with Crippen LogP contribution in [0.4, 0.5) is 11.4 Å². The summed E-state index contributed by atoms with van der Waals surface area (Å²) in [6, 6.07) is 16.6. The highest BCUT2D eigenvalue weighted by Crippen LogP contribution is 2.20. The van der Waals surface area contributed by atoms with Crippen LogP contribution in [0.5, 0.6) is 0 Å². The zero-order chi connectivity index (χ0) is 21.0. The molecule has 1 aromatic heterocycles. The van der Waals surface area contributed by atoms with Gasteiger partial charge in [-0.3, -0.25) is 14.6 Å². The van der Waals surface area contributed by atoms with Crippen LogP contribution in [0.3, 0.4) is 0 Å². The van der Waals surface area contributed by atoms with Crippen LogP contribution in [0.25, 0.3) is 0 Å². The Kier molecular flexibility index (Phi) is 6.07. The highest BCUT2D eigenvalue weighted by molar-refractivity contribution is 6.08. The zero-order valence-corrected chi connectivity index (χ0v) is 17.1. The van der Waals surface area contributed by atoms with Crippen LogP contribution in [0.2, 0.25) is 0 Å². The Balaban J connectivity index is 1.73. The number of carbonyl (C=O) groups is 2. The minimum atomic E-state index is -0.352. The van der Waals surface area contributed by atoms with E-state index in [0.29, 0.717) is 17.2 Å². The lowest BCUT2D eigenvalue weighted by Gasteiger charge is -2.11. The van der Waals surface area contributed by atoms with E-state index in [1.807, 2.05) is 56.3 Å². The number of hydrogen-bond acceptors (Lipinski definition) is 3. The van der Waals surface area contributed by atoms with Gasteiger partial charge in [-0.2, -0.15) is 0 Å². The van der Waals surface area contributed by atoms with Crippen LogP contribution < -0.4 is 10.6 Å². The molecule has 0 aliphatic rings. The molecule has 5 heteroatoms. The lowest BCUT2D eigenvalue weighted by Crippen LogP contribution is -2.17. The largest absolute Gasteiger partial charge is 0.322 e. The molecule has 0 unspecified atom stereocenters. The molecule has 2 aromatic carbocycles. The second-order valence-electron chi connectivity index (χ2n) is 7.36. The van der Waals surface area contributed by atoms with Crippen LogP contribution in [-0.4, -0.2) is 16.8 Å². The normalized spacial score (nSPS) is 10.7. The molecule has 0 bridgehead atoms. The number of nitrogens with zero attached hydrogens (tertiary/aromatic N) is 1. The van der Waals surface area contributed by atoms with E-state index in [1.54, 1.807) is 6.07 Å². The van der Waals surface area contributed by atoms with Gasteiger partial charge in [-0.1, -0.05) is 38.1 Å². The van der Waals surface area contributed by atoms with Crippen molar-refractivity contribution >= 4 is 23.2 Å². The summed E-state index contributed by atoms with van der Waals surface area (Å²) in [7, 11) is 0. The van der Waals surface area contributed by atoms with Crippen molar-refractivity contribution in [2.75, 3.05) is 10.6 Å². The molecule has 0 aliphatic heterocycles. The molecule has 3 aromatic rings. The van der Waals surface area contributed by atoms with Gasteiger partial charge in [0.25, 0.3) is 11.8 Å². The molecule has 2 amide bonds. The summed E-state index contributed by atoms with van der Waals surface area (Å²) in [6.45, 7) is 8.18. The number of benzene rings is 2. The van der Waals surface area contributed by atoms with Crippen molar-refractivity contribution < 1.29 is 9.59 Å². The summed E-state index contributed by atoms with van der Waals surface area (Å²) in [6.07, 6.45) is 1.47. The Bertz CT molecular complexity index is 1040. The molecular formula is C24H25N3O2. The van der Waals surface area contributed by atoms with E-state index >= 15 is 0 Å². The number of carbonyl (C=O) groups excluding carboxylic acids is 2. The summed E-state index contributed by atoms with van der Waals surface area (Å²) >= 11 is 0. The van der Waals surface area contributed by atoms with Crippen LogP contribution in [0.1, 0.15) is 57.3 Å². The Labute approximate surface area is 171 Å². The Hall–Kier alpha value is -3.47. The smallest absolute Gasteiger partial charge is 0.274 e. The lowest BCUT2D eigenvalue weighted by atomic mass is 10.0. The number of nitrogens with one attached hydrogen (secondary N) is 2. The first-order chi connectivity index (χ1) is 13.8. The first kappa shape index (κ1) is 20.3. The third kappa shape index (κ3) is 4.88. The van der Waals surface area contributed by atoms with E-state index in [0.717, 1.165) is 16.8 Å². The number of anilines is 2. The Morgan fingerprint density at radius 1 is 0.897 bits per heavy atom. The minimum absolute atomic E-state index is 0.189. The number of aryl methyl sites for hydroxylation is 1. The molecule has 0 spiro atoms. The minimum Gasteiger partial charge on any atom is -0.322 e. The Morgan fingerprint density at radius 3 is 2.31 bits per heavy atom. The van der Waals surface area contributed by atoms with Crippen molar-refractivity contribution in [2.24, 2.45) is 0 Å². The van der Waals surface area contributed by atoms with Gasteiger partial charge in [-0.25, -0.2) is 0 Å². The molecule has 0 atom stereocenters. The molecule has 29 heavy (non-hydrogen) atoms. The van der Waals surface area contributed by atoms with Gasteiger partial charge >= 0.3 is 0 Å². The van der Waals surface area contributed by atoms with Crippen molar-refractivity contribution in [3.05, 3.63) is 88.7 Å². The predicted octanol–water partition coefficient (Wildman–Crippen LogP) is 5.33. The van der Waals surface area contributed by atoms with E-state index < -0.39 is 0 Å². The van der Waals surface area contributed by atoms with Gasteiger partial charge < -0.3 is 10.6 Å². The van der Waals surface area contributed by atoms with Crippen molar-refractivity contribution in [1.29, 1.82) is 0 Å². The van der Waals surface area contributed by atoms with Crippen LogP contribution in [0, 0.1) is 13.8 Å². The summed E-state index contributed by atoms with van der Waals surface area (Å²) in [4.78, 5) is 29.3. The van der Waals surface area contributed by atoms with E-state index in [2.05, 4.69) is 29.5 Å². The maximum absolute atomic E-state index is 12.6. The predicted molar refractivity (Wildman–Crippen MR) is 117 cm³/mol. The monoisotopic (exact) mass is 387 g/mol. The van der Waals surface area contributed by atoms with Gasteiger partial charge in [0.15, 0.2) is 0 Å². The maximum Gasteiger partial charge on any atom is 0.274 e. The van der Waals surface area contributed by atoms with Crippen LogP contribution in [0.15, 0.2) is 60.8 Å². The molecule has 0 aliphatic carbocycles. The molecule has 5 nitrogen and oxygen atoms in total. The van der Waals surface area contributed by atoms with E-state index in [1.165, 1.54) is 17.8 Å².